The number of thiophene rings is 1. The average molecular weight is 482 g/mol. The Morgan fingerprint density at radius 1 is 1.09 bits per heavy atom. The zero-order valence-electron chi connectivity index (χ0n) is 17.9. The van der Waals surface area contributed by atoms with E-state index in [4.69, 9.17) is 4.42 Å². The number of halogens is 1. The molecule has 1 aliphatic rings. The van der Waals surface area contributed by atoms with Crippen LogP contribution in [0.25, 0.3) is 10.2 Å². The van der Waals surface area contributed by atoms with E-state index in [9.17, 15) is 23.9 Å². The number of pyridine rings is 1. The van der Waals surface area contributed by atoms with Crippen LogP contribution in [0.5, 0.6) is 0 Å². The van der Waals surface area contributed by atoms with Crippen molar-refractivity contribution < 1.29 is 23.5 Å². The van der Waals surface area contributed by atoms with Gasteiger partial charge in [0.1, 0.15) is 11.4 Å². The van der Waals surface area contributed by atoms with Gasteiger partial charge >= 0.3 is 5.97 Å². The number of carbonyl (C=O) groups is 2. The fourth-order valence-corrected chi connectivity index (χ4v) is 5.28. The number of aromatic nitrogens is 1. The minimum atomic E-state index is -1.32. The molecule has 8 nitrogen and oxygen atoms in total. The van der Waals surface area contributed by atoms with Crippen LogP contribution >= 0.6 is 11.3 Å². The van der Waals surface area contributed by atoms with Crippen molar-refractivity contribution in [2.75, 3.05) is 31.1 Å². The molecule has 0 atom stereocenters. The van der Waals surface area contributed by atoms with Crippen LogP contribution in [0.3, 0.4) is 0 Å². The highest BCUT2D eigenvalue weighted by atomic mass is 32.1. The summed E-state index contributed by atoms with van der Waals surface area (Å²) in [4.78, 5) is 41.7. The molecule has 1 fully saturated rings. The van der Waals surface area contributed by atoms with Gasteiger partial charge in [0.25, 0.3) is 11.5 Å². The number of piperazine rings is 1. The van der Waals surface area contributed by atoms with Crippen LogP contribution in [0.15, 0.2) is 63.3 Å². The first-order valence-electron chi connectivity index (χ1n) is 10.6. The second kappa shape index (κ2) is 8.79. The summed E-state index contributed by atoms with van der Waals surface area (Å²) in [5.74, 6) is -1.73. The number of fused-ring (bicyclic) bond motifs is 1. The number of amides is 1. The van der Waals surface area contributed by atoms with E-state index in [0.717, 1.165) is 0 Å². The predicted molar refractivity (Wildman–Crippen MR) is 125 cm³/mol. The summed E-state index contributed by atoms with van der Waals surface area (Å²) in [7, 11) is 0. The van der Waals surface area contributed by atoms with E-state index in [2.05, 4.69) is 0 Å². The Labute approximate surface area is 197 Å². The predicted octanol–water partition coefficient (Wildman–Crippen LogP) is 3.50. The lowest BCUT2D eigenvalue weighted by molar-refractivity contribution is 0.0686. The Balaban J connectivity index is 1.52. The van der Waals surface area contributed by atoms with Crippen molar-refractivity contribution in [2.45, 2.75) is 6.54 Å². The van der Waals surface area contributed by atoms with Crippen LogP contribution in [0, 0.1) is 5.82 Å². The molecule has 0 aliphatic carbocycles. The molecule has 0 bridgehead atoms. The summed E-state index contributed by atoms with van der Waals surface area (Å²) in [6, 6.07) is 10.9. The molecule has 1 aliphatic heterocycles. The summed E-state index contributed by atoms with van der Waals surface area (Å²) in [5, 5.41) is 11.8. The van der Waals surface area contributed by atoms with Crippen LogP contribution in [-0.4, -0.2) is 52.6 Å². The number of carboxylic acids is 1. The first-order chi connectivity index (χ1) is 16.4. The molecule has 10 heteroatoms. The first-order valence-corrected chi connectivity index (χ1v) is 11.5. The number of carbonyl (C=O) groups excluding carboxylic acids is 1. The van der Waals surface area contributed by atoms with E-state index in [1.54, 1.807) is 40.6 Å². The van der Waals surface area contributed by atoms with Crippen LogP contribution in [0.1, 0.15) is 26.5 Å². The Morgan fingerprint density at radius 3 is 2.56 bits per heavy atom. The van der Waals surface area contributed by atoms with Crippen molar-refractivity contribution in [3.05, 3.63) is 87.2 Å². The summed E-state index contributed by atoms with van der Waals surface area (Å²) in [5.41, 5.74) is 0.545. The maximum absolute atomic E-state index is 13.7. The van der Waals surface area contributed by atoms with Crippen molar-refractivity contribution in [1.29, 1.82) is 0 Å². The van der Waals surface area contributed by atoms with E-state index in [1.807, 2.05) is 4.90 Å². The van der Waals surface area contributed by atoms with Gasteiger partial charge in [0.05, 0.1) is 28.7 Å². The Bertz CT molecular complexity index is 1430. The molecule has 34 heavy (non-hydrogen) atoms. The lowest BCUT2D eigenvalue weighted by Crippen LogP contribution is -2.49. The Morgan fingerprint density at radius 2 is 1.88 bits per heavy atom. The summed E-state index contributed by atoms with van der Waals surface area (Å²) in [6.07, 6.45) is 1.44. The average Bonchev–Trinajstić information content (AvgIpc) is 3.52. The van der Waals surface area contributed by atoms with Gasteiger partial charge in [-0.2, -0.15) is 0 Å². The molecule has 0 radical (unpaired) electrons. The van der Waals surface area contributed by atoms with E-state index in [1.165, 1.54) is 34.3 Å². The number of nitrogens with zero attached hydrogens (tertiary/aromatic N) is 3. The molecule has 1 amide bonds. The highest BCUT2D eigenvalue weighted by Crippen LogP contribution is 2.34. The Hall–Kier alpha value is -3.92. The number of furan rings is 1. The quantitative estimate of drug-likeness (QED) is 0.469. The standard InChI is InChI=1S/C24H20FN3O5S/c25-16-4-1-3-15(13-16)14-28-17-6-12-34-21(17)20(19(23(28)30)24(31)32)26-7-9-27(10-8-26)22(29)18-5-2-11-33-18/h1-6,11-13H,7-10,14H2,(H,31,32). The fraction of sp³-hybridized carbons (Fsp3) is 0.208. The molecule has 1 aromatic carbocycles. The molecule has 174 valence electrons. The van der Waals surface area contributed by atoms with Crippen LogP contribution in [0.2, 0.25) is 0 Å². The number of hydrogen-bond donors (Lipinski definition) is 1. The first kappa shape index (κ1) is 21.9. The third-order valence-electron chi connectivity index (χ3n) is 5.90. The van der Waals surface area contributed by atoms with Crippen molar-refractivity contribution in [2.24, 2.45) is 0 Å². The van der Waals surface area contributed by atoms with E-state index < -0.39 is 17.3 Å². The summed E-state index contributed by atoms with van der Waals surface area (Å²) >= 11 is 1.35. The largest absolute Gasteiger partial charge is 0.477 e. The van der Waals surface area contributed by atoms with Crippen molar-refractivity contribution in [3.63, 3.8) is 0 Å². The van der Waals surface area contributed by atoms with Gasteiger partial charge in [-0.25, -0.2) is 9.18 Å². The minimum Gasteiger partial charge on any atom is -0.477 e. The van der Waals surface area contributed by atoms with Gasteiger partial charge < -0.3 is 23.9 Å². The third-order valence-corrected chi connectivity index (χ3v) is 6.82. The van der Waals surface area contributed by atoms with Crippen molar-refractivity contribution in [3.8, 4) is 0 Å². The normalized spacial score (nSPS) is 14.0. The maximum atomic E-state index is 13.7. The van der Waals surface area contributed by atoms with Crippen molar-refractivity contribution in [1.82, 2.24) is 9.47 Å². The summed E-state index contributed by atoms with van der Waals surface area (Å²) in [6.45, 7) is 1.51. The summed E-state index contributed by atoms with van der Waals surface area (Å²) < 4.78 is 20.9. The second-order valence-corrected chi connectivity index (χ2v) is 8.86. The van der Waals surface area contributed by atoms with Gasteiger partial charge in [-0.1, -0.05) is 12.1 Å². The molecule has 0 saturated carbocycles. The van der Waals surface area contributed by atoms with Gasteiger partial charge in [0.15, 0.2) is 5.76 Å². The number of anilines is 1. The van der Waals surface area contributed by atoms with Crippen LogP contribution in [-0.2, 0) is 6.54 Å². The van der Waals surface area contributed by atoms with Gasteiger partial charge in [0, 0.05) is 26.2 Å². The van der Waals surface area contributed by atoms with Crippen LogP contribution < -0.4 is 10.5 Å². The SMILES string of the molecule is O=C(O)c1c(N2CCN(C(=O)c3ccco3)CC2)c2sccc2n(Cc2cccc(F)c2)c1=O. The highest BCUT2D eigenvalue weighted by molar-refractivity contribution is 7.17. The number of hydrogen-bond acceptors (Lipinski definition) is 6. The van der Waals surface area contributed by atoms with E-state index in [-0.39, 0.29) is 23.8 Å². The van der Waals surface area contributed by atoms with Gasteiger partial charge in [0.2, 0.25) is 0 Å². The van der Waals surface area contributed by atoms with E-state index >= 15 is 0 Å². The van der Waals surface area contributed by atoms with Gasteiger partial charge in [-0.15, -0.1) is 11.3 Å². The molecule has 4 heterocycles. The van der Waals surface area contributed by atoms with Gasteiger partial charge in [-0.3, -0.25) is 9.59 Å². The Kier molecular flexibility index (Phi) is 5.66. The van der Waals surface area contributed by atoms with E-state index in [0.29, 0.717) is 47.6 Å². The van der Waals surface area contributed by atoms with Crippen molar-refractivity contribution >= 4 is 39.1 Å². The molecule has 5 rings (SSSR count). The maximum Gasteiger partial charge on any atom is 0.343 e. The molecular formula is C24H20FN3O5S. The lowest BCUT2D eigenvalue weighted by atomic mass is 10.1. The smallest absolute Gasteiger partial charge is 0.343 e. The van der Waals surface area contributed by atoms with Gasteiger partial charge in [-0.05, 0) is 41.3 Å². The zero-order valence-corrected chi connectivity index (χ0v) is 18.8. The minimum absolute atomic E-state index is 0.0514. The fourth-order valence-electron chi connectivity index (χ4n) is 4.31. The van der Waals surface area contributed by atoms with Crippen LogP contribution in [0.4, 0.5) is 10.1 Å². The molecule has 3 aromatic heterocycles. The lowest BCUT2D eigenvalue weighted by Gasteiger charge is -2.36. The molecule has 0 unspecified atom stereocenters. The molecule has 4 aromatic rings. The third kappa shape index (κ3) is 3.86. The molecule has 1 N–H and O–H groups in total. The molecule has 1 saturated heterocycles. The molecule has 0 spiro atoms. The number of carboxylic acid groups (broad SMARTS) is 1. The number of aromatic carboxylic acids is 1. The topological polar surface area (TPSA) is 96.0 Å². The number of benzene rings is 1. The molecular weight excluding hydrogens is 461 g/mol. The number of rotatable bonds is 5. The second-order valence-electron chi connectivity index (χ2n) is 7.94. The zero-order chi connectivity index (χ0) is 23.8. The highest BCUT2D eigenvalue weighted by Gasteiger charge is 2.30. The monoisotopic (exact) mass is 481 g/mol.